The SMILES string of the molecule is CN(CC(=O)N1CCOCC1)C(=O)COC(=O)c1cccc(Br)c1. The summed E-state index contributed by atoms with van der Waals surface area (Å²) in [5.74, 6) is -1.16. The molecule has 0 aliphatic carbocycles. The van der Waals surface area contributed by atoms with Crippen molar-refractivity contribution in [2.75, 3.05) is 46.5 Å². The van der Waals surface area contributed by atoms with Crippen LogP contribution in [0.3, 0.4) is 0 Å². The van der Waals surface area contributed by atoms with Gasteiger partial charge in [-0.05, 0) is 18.2 Å². The molecule has 24 heavy (non-hydrogen) atoms. The van der Waals surface area contributed by atoms with Gasteiger partial charge in [-0.25, -0.2) is 4.79 Å². The third-order valence-corrected chi connectivity index (χ3v) is 4.04. The number of nitrogens with zero attached hydrogens (tertiary/aromatic N) is 2. The summed E-state index contributed by atoms with van der Waals surface area (Å²) in [7, 11) is 1.51. The minimum absolute atomic E-state index is 0.0483. The van der Waals surface area contributed by atoms with E-state index in [9.17, 15) is 14.4 Å². The van der Waals surface area contributed by atoms with Gasteiger partial charge in [0.15, 0.2) is 6.61 Å². The van der Waals surface area contributed by atoms with Crippen molar-refractivity contribution in [1.82, 2.24) is 9.80 Å². The van der Waals surface area contributed by atoms with E-state index < -0.39 is 18.5 Å². The van der Waals surface area contributed by atoms with Crippen molar-refractivity contribution in [2.24, 2.45) is 0 Å². The zero-order valence-electron chi connectivity index (χ0n) is 13.4. The molecule has 0 unspecified atom stereocenters. The number of hydrogen-bond acceptors (Lipinski definition) is 5. The number of esters is 1. The number of benzene rings is 1. The lowest BCUT2D eigenvalue weighted by Gasteiger charge is -2.28. The molecule has 0 spiro atoms. The highest BCUT2D eigenvalue weighted by molar-refractivity contribution is 9.10. The number of carbonyl (C=O) groups excluding carboxylic acids is 3. The molecule has 0 radical (unpaired) electrons. The summed E-state index contributed by atoms with van der Waals surface area (Å²) in [6.45, 7) is 1.62. The summed E-state index contributed by atoms with van der Waals surface area (Å²) >= 11 is 3.26. The van der Waals surface area contributed by atoms with Crippen LogP contribution in [0.4, 0.5) is 0 Å². The lowest BCUT2D eigenvalue weighted by atomic mass is 10.2. The number of morpholine rings is 1. The molecule has 2 amide bonds. The first-order valence-electron chi connectivity index (χ1n) is 7.49. The highest BCUT2D eigenvalue weighted by Gasteiger charge is 2.21. The second-order valence-corrected chi connectivity index (χ2v) is 6.25. The molecule has 0 saturated carbocycles. The Morgan fingerprint density at radius 3 is 2.67 bits per heavy atom. The zero-order chi connectivity index (χ0) is 17.5. The highest BCUT2D eigenvalue weighted by atomic mass is 79.9. The molecule has 0 N–H and O–H groups in total. The molecule has 7 nitrogen and oxygen atoms in total. The van der Waals surface area contributed by atoms with Gasteiger partial charge in [-0.1, -0.05) is 22.0 Å². The third kappa shape index (κ3) is 5.31. The molecule has 2 rings (SSSR count). The Bertz CT molecular complexity index is 616. The molecule has 1 aromatic carbocycles. The van der Waals surface area contributed by atoms with E-state index in [4.69, 9.17) is 9.47 Å². The minimum Gasteiger partial charge on any atom is -0.452 e. The summed E-state index contributed by atoms with van der Waals surface area (Å²) in [5.41, 5.74) is 0.351. The van der Waals surface area contributed by atoms with E-state index in [1.54, 1.807) is 29.2 Å². The standard InChI is InChI=1S/C16H19BrN2O5/c1-18(10-14(20)19-5-7-23-8-6-19)15(21)11-24-16(22)12-3-2-4-13(17)9-12/h2-4,9H,5-8,10-11H2,1H3. The number of halogens is 1. The van der Waals surface area contributed by atoms with Crippen LogP contribution in [0.25, 0.3) is 0 Å². The van der Waals surface area contributed by atoms with E-state index in [0.29, 0.717) is 31.9 Å². The van der Waals surface area contributed by atoms with E-state index >= 15 is 0 Å². The monoisotopic (exact) mass is 398 g/mol. The average molecular weight is 399 g/mol. The van der Waals surface area contributed by atoms with Gasteiger partial charge in [0, 0.05) is 24.6 Å². The van der Waals surface area contributed by atoms with E-state index in [1.807, 2.05) is 0 Å². The maximum Gasteiger partial charge on any atom is 0.338 e. The molecule has 1 saturated heterocycles. The molecule has 130 valence electrons. The molecular weight excluding hydrogens is 380 g/mol. The van der Waals surface area contributed by atoms with Gasteiger partial charge in [0.1, 0.15) is 0 Å². The maximum atomic E-state index is 12.1. The molecule has 8 heteroatoms. The van der Waals surface area contributed by atoms with E-state index in [1.165, 1.54) is 11.9 Å². The van der Waals surface area contributed by atoms with E-state index in [-0.39, 0.29) is 12.5 Å². The van der Waals surface area contributed by atoms with Crippen molar-refractivity contribution in [2.45, 2.75) is 0 Å². The van der Waals surface area contributed by atoms with Crippen LogP contribution < -0.4 is 0 Å². The van der Waals surface area contributed by atoms with Crippen molar-refractivity contribution in [3.8, 4) is 0 Å². The van der Waals surface area contributed by atoms with Gasteiger partial charge in [0.05, 0.1) is 25.3 Å². The van der Waals surface area contributed by atoms with Gasteiger partial charge < -0.3 is 19.3 Å². The number of ether oxygens (including phenoxy) is 2. The molecule has 1 heterocycles. The number of likely N-dealkylation sites (N-methyl/N-ethyl adjacent to an activating group) is 1. The van der Waals surface area contributed by atoms with Crippen molar-refractivity contribution < 1.29 is 23.9 Å². The topological polar surface area (TPSA) is 76.2 Å². The molecule has 0 bridgehead atoms. The van der Waals surface area contributed by atoms with Gasteiger partial charge >= 0.3 is 5.97 Å². The fraction of sp³-hybridized carbons (Fsp3) is 0.438. The van der Waals surface area contributed by atoms with Crippen LogP contribution in [-0.4, -0.2) is 74.1 Å². The smallest absolute Gasteiger partial charge is 0.338 e. The Hall–Kier alpha value is -1.93. The zero-order valence-corrected chi connectivity index (χ0v) is 15.0. The van der Waals surface area contributed by atoms with Gasteiger partial charge in [-0.2, -0.15) is 0 Å². The molecule has 1 aromatic rings. The summed E-state index contributed by atoms with van der Waals surface area (Å²) in [6, 6.07) is 6.70. The largest absolute Gasteiger partial charge is 0.452 e. The number of rotatable bonds is 5. The predicted octanol–water partition coefficient (Wildman–Crippen LogP) is 0.923. The van der Waals surface area contributed by atoms with Crippen LogP contribution in [-0.2, 0) is 19.1 Å². The first-order chi connectivity index (χ1) is 11.5. The van der Waals surface area contributed by atoms with Gasteiger partial charge in [0.25, 0.3) is 5.91 Å². The maximum absolute atomic E-state index is 12.1. The highest BCUT2D eigenvalue weighted by Crippen LogP contribution is 2.12. The number of hydrogen-bond donors (Lipinski definition) is 0. The summed E-state index contributed by atoms with van der Waals surface area (Å²) in [4.78, 5) is 38.9. The Kier molecular flexibility index (Phi) is 6.74. The molecule has 0 aromatic heterocycles. The Morgan fingerprint density at radius 2 is 2.00 bits per heavy atom. The quantitative estimate of drug-likeness (QED) is 0.689. The Morgan fingerprint density at radius 1 is 1.29 bits per heavy atom. The van der Waals surface area contributed by atoms with Crippen molar-refractivity contribution in [3.63, 3.8) is 0 Å². The lowest BCUT2D eigenvalue weighted by Crippen LogP contribution is -2.46. The van der Waals surface area contributed by atoms with Crippen molar-refractivity contribution in [1.29, 1.82) is 0 Å². The van der Waals surface area contributed by atoms with Crippen LogP contribution in [0.15, 0.2) is 28.7 Å². The fourth-order valence-electron chi connectivity index (χ4n) is 2.14. The van der Waals surface area contributed by atoms with Crippen LogP contribution in [0.5, 0.6) is 0 Å². The minimum atomic E-state index is -0.586. The summed E-state index contributed by atoms with van der Waals surface area (Å²) < 4.78 is 10.9. The lowest BCUT2D eigenvalue weighted by molar-refractivity contribution is -0.143. The Labute approximate surface area is 148 Å². The molecular formula is C16H19BrN2O5. The van der Waals surface area contributed by atoms with Crippen molar-refractivity contribution in [3.05, 3.63) is 34.3 Å². The van der Waals surface area contributed by atoms with Crippen LogP contribution >= 0.6 is 15.9 Å². The molecule has 1 aliphatic heterocycles. The van der Waals surface area contributed by atoms with E-state index in [0.717, 1.165) is 4.47 Å². The second-order valence-electron chi connectivity index (χ2n) is 5.33. The van der Waals surface area contributed by atoms with Crippen molar-refractivity contribution >= 4 is 33.7 Å². The second kappa shape index (κ2) is 8.79. The third-order valence-electron chi connectivity index (χ3n) is 3.55. The summed E-state index contributed by atoms with van der Waals surface area (Å²) in [6.07, 6.45) is 0. The molecule has 0 atom stereocenters. The van der Waals surface area contributed by atoms with Crippen LogP contribution in [0.1, 0.15) is 10.4 Å². The summed E-state index contributed by atoms with van der Waals surface area (Å²) in [5, 5.41) is 0. The Balaban J connectivity index is 1.78. The average Bonchev–Trinajstić information content (AvgIpc) is 2.60. The normalized spacial score (nSPS) is 14.2. The first-order valence-corrected chi connectivity index (χ1v) is 8.29. The van der Waals surface area contributed by atoms with Gasteiger partial charge in [0.2, 0.25) is 5.91 Å². The number of carbonyl (C=O) groups is 3. The predicted molar refractivity (Wildman–Crippen MR) is 89.5 cm³/mol. The number of amides is 2. The van der Waals surface area contributed by atoms with Gasteiger partial charge in [-0.15, -0.1) is 0 Å². The van der Waals surface area contributed by atoms with Crippen LogP contribution in [0, 0.1) is 0 Å². The van der Waals surface area contributed by atoms with Gasteiger partial charge in [-0.3, -0.25) is 9.59 Å². The van der Waals surface area contributed by atoms with E-state index in [2.05, 4.69) is 15.9 Å². The van der Waals surface area contributed by atoms with Crippen LogP contribution in [0.2, 0.25) is 0 Å². The molecule has 1 aliphatic rings. The first kappa shape index (κ1) is 18.4. The fourth-order valence-corrected chi connectivity index (χ4v) is 2.54. The molecule has 1 fully saturated rings.